The number of rotatable bonds is 7. The molecule has 1 aliphatic rings. The number of ether oxygens (including phenoxy) is 2. The SMILES string of the molecule is COc1ncc(Cl)cc1N1CCN(CC(O)COc2ccc3cc(Cl)ccc3c2)CC1. The van der Waals surface area contributed by atoms with Crippen LogP contribution >= 0.6 is 23.2 Å². The third-order valence-corrected chi connectivity index (χ3v) is 5.83. The zero-order chi connectivity index (χ0) is 21.8. The molecule has 0 spiro atoms. The highest BCUT2D eigenvalue weighted by atomic mass is 35.5. The van der Waals surface area contributed by atoms with Gasteiger partial charge in [-0.1, -0.05) is 35.3 Å². The fraction of sp³-hybridized carbons (Fsp3) is 0.348. The van der Waals surface area contributed by atoms with Crippen LogP contribution in [-0.4, -0.2) is 67.5 Å². The first-order valence-corrected chi connectivity index (χ1v) is 10.9. The summed E-state index contributed by atoms with van der Waals surface area (Å²) in [6, 6.07) is 13.5. The summed E-state index contributed by atoms with van der Waals surface area (Å²) in [5, 5.41) is 13.9. The fourth-order valence-corrected chi connectivity index (χ4v) is 4.13. The van der Waals surface area contributed by atoms with Gasteiger partial charge in [0.25, 0.3) is 0 Å². The lowest BCUT2D eigenvalue weighted by atomic mass is 10.1. The summed E-state index contributed by atoms with van der Waals surface area (Å²) < 4.78 is 11.2. The van der Waals surface area contributed by atoms with Crippen LogP contribution in [0.2, 0.25) is 10.0 Å². The van der Waals surface area contributed by atoms with Crippen molar-refractivity contribution >= 4 is 39.7 Å². The van der Waals surface area contributed by atoms with Crippen LogP contribution in [0.15, 0.2) is 48.7 Å². The van der Waals surface area contributed by atoms with E-state index < -0.39 is 6.10 Å². The molecule has 0 radical (unpaired) electrons. The van der Waals surface area contributed by atoms with Crippen LogP contribution in [0.3, 0.4) is 0 Å². The van der Waals surface area contributed by atoms with Gasteiger partial charge in [0.2, 0.25) is 5.88 Å². The first-order valence-electron chi connectivity index (χ1n) is 10.2. The van der Waals surface area contributed by atoms with E-state index in [0.717, 1.165) is 48.4 Å². The number of nitrogens with zero attached hydrogens (tertiary/aromatic N) is 3. The molecule has 1 saturated heterocycles. The molecule has 3 aromatic rings. The molecular weight excluding hydrogens is 437 g/mol. The number of methoxy groups -OCH3 is 1. The van der Waals surface area contributed by atoms with Crippen LogP contribution in [-0.2, 0) is 0 Å². The quantitative estimate of drug-likeness (QED) is 0.571. The molecule has 1 aromatic heterocycles. The molecule has 0 saturated carbocycles. The molecule has 1 fully saturated rings. The Morgan fingerprint density at radius 1 is 1.00 bits per heavy atom. The van der Waals surface area contributed by atoms with E-state index >= 15 is 0 Å². The van der Waals surface area contributed by atoms with Crippen molar-refractivity contribution in [1.82, 2.24) is 9.88 Å². The lowest BCUT2D eigenvalue weighted by Gasteiger charge is -2.37. The van der Waals surface area contributed by atoms with Gasteiger partial charge in [-0.2, -0.15) is 0 Å². The number of hydrogen-bond acceptors (Lipinski definition) is 6. The zero-order valence-corrected chi connectivity index (χ0v) is 18.8. The number of pyridine rings is 1. The van der Waals surface area contributed by atoms with Crippen LogP contribution in [0.4, 0.5) is 5.69 Å². The minimum atomic E-state index is -0.574. The van der Waals surface area contributed by atoms with E-state index in [1.54, 1.807) is 13.3 Å². The molecule has 2 aromatic carbocycles. The first kappa shape index (κ1) is 22.0. The Bertz CT molecular complexity index is 1040. The van der Waals surface area contributed by atoms with Crippen LogP contribution in [0, 0.1) is 0 Å². The molecule has 0 amide bonds. The van der Waals surface area contributed by atoms with Gasteiger partial charge < -0.3 is 19.5 Å². The van der Waals surface area contributed by atoms with Crippen LogP contribution in [0.25, 0.3) is 10.8 Å². The Kier molecular flexibility index (Phi) is 7.02. The first-order chi connectivity index (χ1) is 15.0. The summed E-state index contributed by atoms with van der Waals surface area (Å²) in [5.74, 6) is 1.31. The van der Waals surface area contributed by atoms with Crippen molar-refractivity contribution in [2.75, 3.05) is 51.3 Å². The predicted octanol–water partition coefficient (Wildman–Crippen LogP) is 4.11. The molecule has 0 aliphatic carbocycles. The van der Waals surface area contributed by atoms with E-state index in [9.17, 15) is 5.11 Å². The molecule has 8 heteroatoms. The Morgan fingerprint density at radius 3 is 2.52 bits per heavy atom. The molecule has 1 N–H and O–H groups in total. The number of aromatic nitrogens is 1. The maximum atomic E-state index is 10.5. The Hall–Kier alpha value is -2.25. The van der Waals surface area contributed by atoms with Crippen molar-refractivity contribution in [2.45, 2.75) is 6.10 Å². The zero-order valence-electron chi connectivity index (χ0n) is 17.3. The maximum Gasteiger partial charge on any atom is 0.237 e. The second-order valence-corrected chi connectivity index (χ2v) is 8.46. The van der Waals surface area contributed by atoms with Crippen molar-refractivity contribution in [3.05, 3.63) is 58.7 Å². The summed E-state index contributed by atoms with van der Waals surface area (Å²) >= 11 is 12.1. The summed E-state index contributed by atoms with van der Waals surface area (Å²) in [4.78, 5) is 8.68. The summed E-state index contributed by atoms with van der Waals surface area (Å²) in [6.45, 7) is 4.05. The number of benzene rings is 2. The third kappa shape index (κ3) is 5.52. The second kappa shape index (κ2) is 9.92. The average molecular weight is 462 g/mol. The highest BCUT2D eigenvalue weighted by Gasteiger charge is 2.22. The van der Waals surface area contributed by atoms with E-state index in [0.29, 0.717) is 22.5 Å². The molecule has 0 bridgehead atoms. The summed E-state index contributed by atoms with van der Waals surface area (Å²) in [5.41, 5.74) is 0.899. The van der Waals surface area contributed by atoms with E-state index in [1.807, 2.05) is 42.5 Å². The third-order valence-electron chi connectivity index (χ3n) is 5.39. The molecular formula is C23H25Cl2N3O3. The number of piperazine rings is 1. The summed E-state index contributed by atoms with van der Waals surface area (Å²) in [6.07, 6.45) is 1.01. The molecule has 1 unspecified atom stereocenters. The highest BCUT2D eigenvalue weighted by Crippen LogP contribution is 2.29. The highest BCUT2D eigenvalue weighted by molar-refractivity contribution is 6.31. The molecule has 1 aliphatic heterocycles. The van der Waals surface area contributed by atoms with Gasteiger partial charge in [0.15, 0.2) is 0 Å². The standard InChI is InChI=1S/C23H25Cl2N3O3/c1-30-23-22(12-19(25)13-26-23)28-8-6-27(7-9-28)14-20(29)15-31-21-5-3-16-10-18(24)4-2-17(16)11-21/h2-5,10-13,20,29H,6-9,14-15H2,1H3. The fourth-order valence-electron chi connectivity index (χ4n) is 3.80. The van der Waals surface area contributed by atoms with Crippen molar-refractivity contribution in [3.8, 4) is 11.6 Å². The minimum Gasteiger partial charge on any atom is -0.491 e. The van der Waals surface area contributed by atoms with E-state index in [2.05, 4.69) is 14.8 Å². The van der Waals surface area contributed by atoms with Gasteiger partial charge in [0.1, 0.15) is 24.1 Å². The molecule has 31 heavy (non-hydrogen) atoms. The predicted molar refractivity (Wildman–Crippen MR) is 125 cm³/mol. The van der Waals surface area contributed by atoms with Crippen LogP contribution in [0.1, 0.15) is 0 Å². The second-order valence-electron chi connectivity index (χ2n) is 7.59. The van der Waals surface area contributed by atoms with Gasteiger partial charge in [-0.05, 0) is 41.1 Å². The number of halogens is 2. The van der Waals surface area contributed by atoms with Crippen molar-refractivity contribution < 1.29 is 14.6 Å². The van der Waals surface area contributed by atoms with Gasteiger partial charge >= 0.3 is 0 Å². The number of aliphatic hydroxyl groups excluding tert-OH is 1. The molecule has 6 nitrogen and oxygen atoms in total. The lowest BCUT2D eigenvalue weighted by Crippen LogP contribution is -2.49. The van der Waals surface area contributed by atoms with Crippen molar-refractivity contribution in [1.29, 1.82) is 0 Å². The molecule has 164 valence electrons. The average Bonchev–Trinajstić information content (AvgIpc) is 2.78. The van der Waals surface area contributed by atoms with Gasteiger partial charge in [0, 0.05) is 43.9 Å². The Balaban J connectivity index is 1.27. The van der Waals surface area contributed by atoms with E-state index in [-0.39, 0.29) is 6.61 Å². The Labute approximate surface area is 191 Å². The number of aliphatic hydroxyl groups is 1. The number of β-amino-alcohol motifs (C(OH)–C–C–N with tert-alkyl or cyclic N) is 1. The van der Waals surface area contributed by atoms with E-state index in [1.165, 1.54) is 0 Å². The molecule has 2 heterocycles. The smallest absolute Gasteiger partial charge is 0.237 e. The number of hydrogen-bond donors (Lipinski definition) is 1. The van der Waals surface area contributed by atoms with Crippen molar-refractivity contribution in [3.63, 3.8) is 0 Å². The van der Waals surface area contributed by atoms with Crippen LogP contribution in [0.5, 0.6) is 11.6 Å². The van der Waals surface area contributed by atoms with Crippen molar-refractivity contribution in [2.24, 2.45) is 0 Å². The van der Waals surface area contributed by atoms with Gasteiger partial charge in [-0.15, -0.1) is 0 Å². The minimum absolute atomic E-state index is 0.241. The summed E-state index contributed by atoms with van der Waals surface area (Å²) in [7, 11) is 1.61. The number of fused-ring (bicyclic) bond motifs is 1. The molecule has 4 rings (SSSR count). The normalized spacial score (nSPS) is 15.8. The monoisotopic (exact) mass is 461 g/mol. The topological polar surface area (TPSA) is 58.1 Å². The van der Waals surface area contributed by atoms with Gasteiger partial charge in [0.05, 0.1) is 12.1 Å². The Morgan fingerprint density at radius 2 is 1.74 bits per heavy atom. The largest absolute Gasteiger partial charge is 0.491 e. The van der Waals surface area contributed by atoms with Crippen LogP contribution < -0.4 is 14.4 Å². The van der Waals surface area contributed by atoms with Gasteiger partial charge in [-0.3, -0.25) is 4.90 Å². The number of anilines is 1. The lowest BCUT2D eigenvalue weighted by molar-refractivity contribution is 0.0663. The van der Waals surface area contributed by atoms with E-state index in [4.69, 9.17) is 32.7 Å². The maximum absolute atomic E-state index is 10.5. The van der Waals surface area contributed by atoms with Gasteiger partial charge in [-0.25, -0.2) is 4.98 Å². The molecule has 1 atom stereocenters.